The van der Waals surface area contributed by atoms with Crippen molar-refractivity contribution in [3.8, 4) is 0 Å². The molecule has 1 aromatic rings. The maximum atomic E-state index is 11.7. The van der Waals surface area contributed by atoms with Crippen molar-refractivity contribution < 1.29 is 8.42 Å². The van der Waals surface area contributed by atoms with Gasteiger partial charge in [0.1, 0.15) is 23.3 Å². The summed E-state index contributed by atoms with van der Waals surface area (Å²) in [6, 6.07) is 1.61. The standard InChI is InChI=1S/C9H14N4O2S2/c1-17(14,15)9-5-16-3-2-13(9)8-4-7(10)11-6-12-8/h4,6,9H,2-3,5H2,1H3,(H2,10,11,12). The van der Waals surface area contributed by atoms with Crippen LogP contribution in [0.4, 0.5) is 11.6 Å². The number of anilines is 2. The van der Waals surface area contributed by atoms with Crippen LogP contribution in [0, 0.1) is 0 Å². The van der Waals surface area contributed by atoms with Gasteiger partial charge in [0.25, 0.3) is 0 Å². The van der Waals surface area contributed by atoms with E-state index in [0.717, 1.165) is 5.75 Å². The average Bonchev–Trinajstić information content (AvgIpc) is 2.28. The number of sulfone groups is 1. The first-order chi connectivity index (χ1) is 7.98. The quantitative estimate of drug-likeness (QED) is 0.810. The number of nitrogen functional groups attached to an aromatic ring is 1. The predicted octanol–water partition coefficient (Wildman–Crippen LogP) is -0.0173. The lowest BCUT2D eigenvalue weighted by molar-refractivity contribution is 0.583. The Morgan fingerprint density at radius 3 is 2.94 bits per heavy atom. The van der Waals surface area contributed by atoms with Crippen LogP contribution in [-0.2, 0) is 9.84 Å². The van der Waals surface area contributed by atoms with Crippen molar-refractivity contribution in [3.63, 3.8) is 0 Å². The van der Waals surface area contributed by atoms with E-state index in [9.17, 15) is 8.42 Å². The fourth-order valence-electron chi connectivity index (χ4n) is 1.72. The summed E-state index contributed by atoms with van der Waals surface area (Å²) >= 11 is 1.64. The van der Waals surface area contributed by atoms with Crippen LogP contribution >= 0.6 is 11.8 Å². The molecule has 0 aromatic carbocycles. The lowest BCUT2D eigenvalue weighted by Crippen LogP contribution is -2.47. The minimum absolute atomic E-state index is 0.348. The molecule has 17 heavy (non-hydrogen) atoms. The van der Waals surface area contributed by atoms with E-state index < -0.39 is 15.2 Å². The zero-order valence-electron chi connectivity index (χ0n) is 9.41. The van der Waals surface area contributed by atoms with Gasteiger partial charge in [0, 0.05) is 30.4 Å². The molecule has 0 saturated carbocycles. The number of hydrogen-bond donors (Lipinski definition) is 1. The Morgan fingerprint density at radius 1 is 1.53 bits per heavy atom. The van der Waals surface area contributed by atoms with Crippen LogP contribution in [0.25, 0.3) is 0 Å². The van der Waals surface area contributed by atoms with Crippen molar-refractivity contribution in [1.82, 2.24) is 9.97 Å². The maximum absolute atomic E-state index is 11.7. The summed E-state index contributed by atoms with van der Waals surface area (Å²) in [4.78, 5) is 9.68. The van der Waals surface area contributed by atoms with Gasteiger partial charge < -0.3 is 10.6 Å². The Balaban J connectivity index is 2.34. The summed E-state index contributed by atoms with van der Waals surface area (Å²) in [5, 5.41) is -0.532. The summed E-state index contributed by atoms with van der Waals surface area (Å²) in [5.41, 5.74) is 5.59. The number of nitrogens with two attached hydrogens (primary N) is 1. The Morgan fingerprint density at radius 2 is 2.29 bits per heavy atom. The van der Waals surface area contributed by atoms with Crippen LogP contribution in [0.5, 0.6) is 0 Å². The topological polar surface area (TPSA) is 89.2 Å². The van der Waals surface area contributed by atoms with Crippen molar-refractivity contribution in [2.24, 2.45) is 0 Å². The van der Waals surface area contributed by atoms with E-state index in [0.29, 0.717) is 23.9 Å². The SMILES string of the molecule is CS(=O)(=O)C1CSCCN1c1cc(N)ncn1. The van der Waals surface area contributed by atoms with E-state index in [-0.39, 0.29) is 0 Å². The van der Waals surface area contributed by atoms with Crippen molar-refractivity contribution in [3.05, 3.63) is 12.4 Å². The third kappa shape index (κ3) is 2.81. The molecule has 0 radical (unpaired) electrons. The number of nitrogens with zero attached hydrogens (tertiary/aromatic N) is 3. The lowest BCUT2D eigenvalue weighted by Gasteiger charge is -2.34. The monoisotopic (exact) mass is 274 g/mol. The van der Waals surface area contributed by atoms with Crippen molar-refractivity contribution in [2.75, 3.05) is 34.9 Å². The minimum Gasteiger partial charge on any atom is -0.384 e. The van der Waals surface area contributed by atoms with E-state index in [2.05, 4.69) is 9.97 Å². The smallest absolute Gasteiger partial charge is 0.169 e. The Bertz CT molecular complexity index is 505. The van der Waals surface area contributed by atoms with Crippen LogP contribution in [-0.4, -0.2) is 48.1 Å². The molecule has 2 N–H and O–H groups in total. The maximum Gasteiger partial charge on any atom is 0.169 e. The Labute approximate surface area is 105 Å². The van der Waals surface area contributed by atoms with Gasteiger partial charge >= 0.3 is 0 Å². The highest BCUT2D eigenvalue weighted by atomic mass is 32.2. The molecule has 0 bridgehead atoms. The first kappa shape index (κ1) is 12.4. The van der Waals surface area contributed by atoms with Gasteiger partial charge in [-0.1, -0.05) is 0 Å². The second-order valence-electron chi connectivity index (χ2n) is 3.85. The van der Waals surface area contributed by atoms with Gasteiger partial charge in [-0.25, -0.2) is 18.4 Å². The molecule has 1 aromatic heterocycles. The van der Waals surface area contributed by atoms with Gasteiger partial charge in [-0.05, 0) is 0 Å². The van der Waals surface area contributed by atoms with Crippen LogP contribution in [0.3, 0.4) is 0 Å². The van der Waals surface area contributed by atoms with Gasteiger partial charge in [0.05, 0.1) is 0 Å². The Kier molecular flexibility index (Phi) is 3.43. The number of aromatic nitrogens is 2. The molecule has 2 heterocycles. The first-order valence-electron chi connectivity index (χ1n) is 5.09. The highest BCUT2D eigenvalue weighted by molar-refractivity contribution is 8.01. The molecule has 1 fully saturated rings. The van der Waals surface area contributed by atoms with E-state index in [1.165, 1.54) is 12.6 Å². The first-order valence-corrected chi connectivity index (χ1v) is 8.20. The fourth-order valence-corrected chi connectivity index (χ4v) is 4.54. The van der Waals surface area contributed by atoms with E-state index >= 15 is 0 Å². The molecule has 1 atom stereocenters. The second-order valence-corrected chi connectivity index (χ2v) is 7.21. The highest BCUT2D eigenvalue weighted by Gasteiger charge is 2.31. The summed E-state index contributed by atoms with van der Waals surface area (Å²) in [6.07, 6.45) is 2.60. The molecular weight excluding hydrogens is 260 g/mol. The van der Waals surface area contributed by atoms with Gasteiger partial charge in [-0.15, -0.1) is 0 Å². The molecule has 0 aliphatic carbocycles. The second kappa shape index (κ2) is 4.69. The van der Waals surface area contributed by atoms with Gasteiger partial charge in [0.15, 0.2) is 9.84 Å². The molecule has 2 rings (SSSR count). The average molecular weight is 274 g/mol. The van der Waals surface area contributed by atoms with Gasteiger partial charge in [-0.3, -0.25) is 0 Å². The molecule has 1 saturated heterocycles. The molecule has 1 unspecified atom stereocenters. The zero-order valence-corrected chi connectivity index (χ0v) is 11.0. The molecular formula is C9H14N4O2S2. The summed E-state index contributed by atoms with van der Waals surface area (Å²) in [6.45, 7) is 0.652. The molecule has 8 heteroatoms. The molecule has 1 aliphatic rings. The Hall–Kier alpha value is -1.02. The van der Waals surface area contributed by atoms with Crippen molar-refractivity contribution in [2.45, 2.75) is 5.37 Å². The minimum atomic E-state index is -3.13. The van der Waals surface area contributed by atoms with Crippen LogP contribution in [0.2, 0.25) is 0 Å². The normalized spacial score (nSPS) is 21.5. The fraction of sp³-hybridized carbons (Fsp3) is 0.556. The van der Waals surface area contributed by atoms with Crippen LogP contribution in [0.15, 0.2) is 12.4 Å². The zero-order chi connectivity index (χ0) is 12.5. The van der Waals surface area contributed by atoms with Crippen molar-refractivity contribution >= 4 is 33.2 Å². The third-order valence-corrected chi connectivity index (χ3v) is 5.19. The molecule has 1 aliphatic heterocycles. The van der Waals surface area contributed by atoms with E-state index in [4.69, 9.17) is 5.73 Å². The third-order valence-electron chi connectivity index (χ3n) is 2.55. The number of hydrogen-bond acceptors (Lipinski definition) is 7. The lowest BCUT2D eigenvalue weighted by atomic mass is 10.4. The predicted molar refractivity (Wildman–Crippen MR) is 69.7 cm³/mol. The summed E-state index contributed by atoms with van der Waals surface area (Å²) in [7, 11) is -3.13. The molecule has 94 valence electrons. The van der Waals surface area contributed by atoms with Crippen molar-refractivity contribution in [1.29, 1.82) is 0 Å². The number of thioether (sulfide) groups is 1. The highest BCUT2D eigenvalue weighted by Crippen LogP contribution is 2.25. The summed E-state index contributed by atoms with van der Waals surface area (Å²) in [5.74, 6) is 2.37. The van der Waals surface area contributed by atoms with Crippen LogP contribution < -0.4 is 10.6 Å². The largest absolute Gasteiger partial charge is 0.384 e. The number of rotatable bonds is 2. The van der Waals surface area contributed by atoms with Gasteiger partial charge in [0.2, 0.25) is 0 Å². The van der Waals surface area contributed by atoms with E-state index in [1.807, 2.05) is 0 Å². The van der Waals surface area contributed by atoms with Crippen LogP contribution in [0.1, 0.15) is 0 Å². The van der Waals surface area contributed by atoms with E-state index in [1.54, 1.807) is 22.7 Å². The summed E-state index contributed by atoms with van der Waals surface area (Å²) < 4.78 is 23.5. The molecule has 6 nitrogen and oxygen atoms in total. The van der Waals surface area contributed by atoms with Gasteiger partial charge in [-0.2, -0.15) is 11.8 Å². The molecule has 0 amide bonds. The molecule has 0 spiro atoms.